The molecule has 1 aromatic carbocycles. The third-order valence-electron chi connectivity index (χ3n) is 0.733. The molecular formula is C7H6F4. The Hall–Kier alpha value is -1.06. The molecule has 0 aliphatic carbocycles. The first kappa shape index (κ1) is 9.94. The molecule has 0 N–H and O–H groups in total. The summed E-state index contributed by atoms with van der Waals surface area (Å²) in [6.07, 6.45) is 0. The van der Waals surface area contributed by atoms with Gasteiger partial charge in [0.05, 0.1) is 0 Å². The predicted octanol–water partition coefficient (Wildman–Crippen LogP) is 3.00. The molecule has 0 aromatic heterocycles. The third kappa shape index (κ3) is 8.94. The van der Waals surface area contributed by atoms with Crippen molar-refractivity contribution in [2.24, 2.45) is 0 Å². The summed E-state index contributed by atoms with van der Waals surface area (Å²) >= 11 is 0. The van der Waals surface area contributed by atoms with Crippen molar-refractivity contribution in [2.75, 3.05) is 0 Å². The van der Waals surface area contributed by atoms with E-state index in [4.69, 9.17) is 0 Å². The minimum absolute atomic E-state index is 0.178. The van der Waals surface area contributed by atoms with Crippen LogP contribution in [-0.4, -0.2) is 6.68 Å². The Kier molecular flexibility index (Phi) is 5.15. The van der Waals surface area contributed by atoms with Crippen molar-refractivity contribution in [3.63, 3.8) is 0 Å². The second-order valence-electron chi connectivity index (χ2n) is 1.54. The van der Waals surface area contributed by atoms with Crippen molar-refractivity contribution >= 4 is 0 Å². The summed E-state index contributed by atoms with van der Waals surface area (Å²) in [6, 6.07) is 7.94. The Bertz CT molecular complexity index is 170. The lowest BCUT2D eigenvalue weighted by Crippen LogP contribution is -1.65. The number of halogens is 4. The lowest BCUT2D eigenvalue weighted by Gasteiger charge is -1.78. The van der Waals surface area contributed by atoms with E-state index in [0.29, 0.717) is 0 Å². The van der Waals surface area contributed by atoms with Gasteiger partial charge in [0.2, 0.25) is 0 Å². The molecule has 0 heterocycles. The monoisotopic (exact) mass is 166 g/mol. The van der Waals surface area contributed by atoms with Crippen LogP contribution in [0.4, 0.5) is 17.6 Å². The number of benzene rings is 1. The fourth-order valence-electron chi connectivity index (χ4n) is 0.415. The van der Waals surface area contributed by atoms with Crippen molar-refractivity contribution in [3.05, 3.63) is 36.1 Å². The van der Waals surface area contributed by atoms with Crippen LogP contribution in [0.2, 0.25) is 0 Å². The van der Waals surface area contributed by atoms with E-state index in [1.165, 1.54) is 12.1 Å². The summed E-state index contributed by atoms with van der Waals surface area (Å²) in [5.41, 5.74) is 0. The van der Waals surface area contributed by atoms with E-state index in [-0.39, 0.29) is 5.82 Å². The Morgan fingerprint density at radius 2 is 1.27 bits per heavy atom. The molecule has 0 radical (unpaired) electrons. The first-order chi connectivity index (χ1) is 5.13. The molecule has 0 atom stereocenters. The summed E-state index contributed by atoms with van der Waals surface area (Å²) in [4.78, 5) is 0. The van der Waals surface area contributed by atoms with Gasteiger partial charge in [0.1, 0.15) is 5.82 Å². The topological polar surface area (TPSA) is 0 Å². The number of rotatable bonds is 0. The van der Waals surface area contributed by atoms with Gasteiger partial charge in [-0.25, -0.2) is 4.39 Å². The molecule has 11 heavy (non-hydrogen) atoms. The van der Waals surface area contributed by atoms with Gasteiger partial charge in [-0.3, -0.25) is 0 Å². The van der Waals surface area contributed by atoms with Crippen molar-refractivity contribution in [2.45, 2.75) is 6.68 Å². The van der Waals surface area contributed by atoms with Crippen molar-refractivity contribution < 1.29 is 17.6 Å². The highest BCUT2D eigenvalue weighted by molar-refractivity contribution is 5.02. The molecule has 0 bridgehead atoms. The molecule has 1 rings (SSSR count). The van der Waals surface area contributed by atoms with Gasteiger partial charge in [0.25, 0.3) is 0 Å². The average Bonchev–Trinajstić information content (AvgIpc) is 1.87. The molecule has 0 saturated heterocycles. The van der Waals surface area contributed by atoms with E-state index in [1.54, 1.807) is 18.2 Å². The van der Waals surface area contributed by atoms with Crippen molar-refractivity contribution in [1.82, 2.24) is 0 Å². The van der Waals surface area contributed by atoms with Gasteiger partial charge in [0, 0.05) is 0 Å². The van der Waals surface area contributed by atoms with Crippen LogP contribution in [0.25, 0.3) is 0 Å². The largest absolute Gasteiger partial charge is 0.379 e. The minimum atomic E-state index is -3.67. The average molecular weight is 166 g/mol. The highest BCUT2D eigenvalue weighted by Crippen LogP contribution is 1.91. The summed E-state index contributed by atoms with van der Waals surface area (Å²) in [5.74, 6) is -0.178. The van der Waals surface area contributed by atoms with E-state index in [2.05, 4.69) is 0 Å². The number of hydrogen-bond acceptors (Lipinski definition) is 0. The van der Waals surface area contributed by atoms with Crippen LogP contribution >= 0.6 is 0 Å². The molecule has 62 valence electrons. The van der Waals surface area contributed by atoms with Gasteiger partial charge in [-0.2, -0.15) is 13.2 Å². The molecule has 0 aliphatic heterocycles. The van der Waals surface area contributed by atoms with E-state index in [9.17, 15) is 17.6 Å². The number of alkyl halides is 3. The molecule has 0 unspecified atom stereocenters. The fraction of sp³-hybridized carbons (Fsp3) is 0.143. The van der Waals surface area contributed by atoms with E-state index in [1.807, 2.05) is 0 Å². The van der Waals surface area contributed by atoms with Crippen LogP contribution in [0.1, 0.15) is 0 Å². The molecule has 0 nitrogen and oxygen atoms in total. The predicted molar refractivity (Wildman–Crippen MR) is 33.5 cm³/mol. The first-order valence-corrected chi connectivity index (χ1v) is 2.75. The molecule has 0 aliphatic rings. The van der Waals surface area contributed by atoms with Crippen LogP contribution in [0.15, 0.2) is 30.3 Å². The second kappa shape index (κ2) is 5.70. The minimum Gasteiger partial charge on any atom is -0.207 e. The molecule has 0 saturated carbocycles. The zero-order valence-corrected chi connectivity index (χ0v) is 5.48. The van der Waals surface area contributed by atoms with Crippen molar-refractivity contribution in [3.8, 4) is 0 Å². The van der Waals surface area contributed by atoms with E-state index < -0.39 is 6.68 Å². The number of hydrogen-bond donors (Lipinski definition) is 0. The maximum atomic E-state index is 11.9. The summed E-state index contributed by atoms with van der Waals surface area (Å²) in [6.45, 7) is -3.67. The zero-order chi connectivity index (χ0) is 8.69. The molecule has 4 heteroatoms. The standard InChI is InChI=1S/C6H5F.CHF3/c7-6-4-2-1-3-5-6;2-1(3)4/h1-5H;1H. The molecular weight excluding hydrogens is 160 g/mol. The van der Waals surface area contributed by atoms with Gasteiger partial charge in [-0.1, -0.05) is 18.2 Å². The molecule has 1 aromatic rings. The Morgan fingerprint density at radius 3 is 1.45 bits per heavy atom. The summed E-state index contributed by atoms with van der Waals surface area (Å²) < 4.78 is 40.9. The first-order valence-electron chi connectivity index (χ1n) is 2.75. The maximum Gasteiger partial charge on any atom is 0.379 e. The Morgan fingerprint density at radius 1 is 0.909 bits per heavy atom. The van der Waals surface area contributed by atoms with E-state index in [0.717, 1.165) is 0 Å². The van der Waals surface area contributed by atoms with Gasteiger partial charge in [-0.15, -0.1) is 0 Å². The third-order valence-corrected chi connectivity index (χ3v) is 0.733. The normalized spacial score (nSPS) is 8.82. The van der Waals surface area contributed by atoms with Crippen LogP contribution < -0.4 is 0 Å². The maximum absolute atomic E-state index is 11.9. The van der Waals surface area contributed by atoms with Crippen LogP contribution in [0.5, 0.6) is 0 Å². The molecule has 0 spiro atoms. The molecule has 0 amide bonds. The highest BCUT2D eigenvalue weighted by Gasteiger charge is 1.86. The summed E-state index contributed by atoms with van der Waals surface area (Å²) in [7, 11) is 0. The quantitative estimate of drug-likeness (QED) is 0.519. The highest BCUT2D eigenvalue weighted by atomic mass is 19.4. The fourth-order valence-corrected chi connectivity index (χ4v) is 0.415. The van der Waals surface area contributed by atoms with Crippen LogP contribution in [0.3, 0.4) is 0 Å². The van der Waals surface area contributed by atoms with Gasteiger partial charge in [-0.05, 0) is 12.1 Å². The second-order valence-corrected chi connectivity index (χ2v) is 1.54. The van der Waals surface area contributed by atoms with Gasteiger partial charge in [0.15, 0.2) is 0 Å². The van der Waals surface area contributed by atoms with Crippen molar-refractivity contribution in [1.29, 1.82) is 0 Å². The Balaban J connectivity index is 0.000000218. The van der Waals surface area contributed by atoms with E-state index >= 15 is 0 Å². The SMILES string of the molecule is FC(F)F.Fc1ccccc1. The zero-order valence-electron chi connectivity index (χ0n) is 5.48. The van der Waals surface area contributed by atoms with Gasteiger partial charge < -0.3 is 0 Å². The lowest BCUT2D eigenvalue weighted by molar-refractivity contribution is 0.00819. The molecule has 0 fully saturated rings. The lowest BCUT2D eigenvalue weighted by atomic mass is 10.4. The van der Waals surface area contributed by atoms with Crippen LogP contribution in [0, 0.1) is 5.82 Å². The smallest absolute Gasteiger partial charge is 0.207 e. The van der Waals surface area contributed by atoms with Crippen LogP contribution in [-0.2, 0) is 0 Å². The van der Waals surface area contributed by atoms with Gasteiger partial charge >= 0.3 is 6.68 Å². The summed E-state index contributed by atoms with van der Waals surface area (Å²) in [5, 5.41) is 0. The Labute approximate surface area is 61.5 Å².